The quantitative estimate of drug-likeness (QED) is 0.881. The van der Waals surface area contributed by atoms with Crippen molar-refractivity contribution in [2.24, 2.45) is 0 Å². The third-order valence-corrected chi connectivity index (χ3v) is 3.12. The SMILES string of the molecule is CNCc1nc2cc(C(F)(F)F)ccc2s1. The van der Waals surface area contributed by atoms with Crippen LogP contribution in [0.25, 0.3) is 10.2 Å². The van der Waals surface area contributed by atoms with Crippen LogP contribution in [-0.2, 0) is 12.7 Å². The van der Waals surface area contributed by atoms with Gasteiger partial charge >= 0.3 is 6.18 Å². The molecule has 0 spiro atoms. The average Bonchev–Trinajstić information content (AvgIpc) is 2.57. The van der Waals surface area contributed by atoms with Crippen LogP contribution in [0.1, 0.15) is 10.6 Å². The molecule has 0 aliphatic heterocycles. The van der Waals surface area contributed by atoms with Gasteiger partial charge in [-0.2, -0.15) is 13.2 Å². The van der Waals surface area contributed by atoms with E-state index in [1.165, 1.54) is 17.4 Å². The fourth-order valence-electron chi connectivity index (χ4n) is 1.38. The summed E-state index contributed by atoms with van der Waals surface area (Å²) in [7, 11) is 1.77. The summed E-state index contributed by atoms with van der Waals surface area (Å²) in [6.45, 7) is 0.570. The van der Waals surface area contributed by atoms with Gasteiger partial charge in [-0.1, -0.05) is 0 Å². The lowest BCUT2D eigenvalue weighted by molar-refractivity contribution is -0.137. The Labute approximate surface area is 94.1 Å². The first-order chi connectivity index (χ1) is 7.50. The third-order valence-electron chi connectivity index (χ3n) is 2.09. The van der Waals surface area contributed by atoms with Gasteiger partial charge in [0.15, 0.2) is 0 Å². The summed E-state index contributed by atoms with van der Waals surface area (Å²) < 4.78 is 38.1. The second-order valence-electron chi connectivity index (χ2n) is 3.32. The number of hydrogen-bond acceptors (Lipinski definition) is 3. The Morgan fingerprint density at radius 2 is 2.12 bits per heavy atom. The Balaban J connectivity index is 2.46. The predicted molar refractivity (Wildman–Crippen MR) is 57.4 cm³/mol. The third kappa shape index (κ3) is 2.17. The van der Waals surface area contributed by atoms with Crippen molar-refractivity contribution in [3.63, 3.8) is 0 Å². The van der Waals surface area contributed by atoms with Gasteiger partial charge in [-0.3, -0.25) is 0 Å². The van der Waals surface area contributed by atoms with Crippen LogP contribution in [-0.4, -0.2) is 12.0 Å². The largest absolute Gasteiger partial charge is 0.416 e. The molecule has 0 unspecified atom stereocenters. The summed E-state index contributed by atoms with van der Waals surface area (Å²) >= 11 is 1.40. The van der Waals surface area contributed by atoms with Gasteiger partial charge in [-0.05, 0) is 25.2 Å². The molecule has 0 atom stereocenters. The average molecular weight is 246 g/mol. The number of fused-ring (bicyclic) bond motifs is 1. The van der Waals surface area contributed by atoms with Crippen molar-refractivity contribution in [1.82, 2.24) is 10.3 Å². The van der Waals surface area contributed by atoms with Crippen LogP contribution in [0, 0.1) is 0 Å². The highest BCUT2D eigenvalue weighted by Gasteiger charge is 2.30. The number of rotatable bonds is 2. The summed E-state index contributed by atoms with van der Waals surface area (Å²) in [4.78, 5) is 4.13. The molecule has 2 nitrogen and oxygen atoms in total. The molecule has 86 valence electrons. The van der Waals surface area contributed by atoms with Gasteiger partial charge in [0, 0.05) is 6.54 Å². The lowest BCUT2D eigenvalue weighted by Gasteiger charge is -2.04. The molecule has 6 heteroatoms. The molecule has 2 aromatic rings. The van der Waals surface area contributed by atoms with Gasteiger partial charge in [0.25, 0.3) is 0 Å². The van der Waals surface area contributed by atoms with Crippen molar-refractivity contribution < 1.29 is 13.2 Å². The van der Waals surface area contributed by atoms with Crippen molar-refractivity contribution in [3.8, 4) is 0 Å². The van der Waals surface area contributed by atoms with Gasteiger partial charge in [-0.15, -0.1) is 11.3 Å². The van der Waals surface area contributed by atoms with Crippen molar-refractivity contribution in [1.29, 1.82) is 0 Å². The Kier molecular flexibility index (Phi) is 2.86. The topological polar surface area (TPSA) is 24.9 Å². The first kappa shape index (κ1) is 11.3. The van der Waals surface area contributed by atoms with Crippen molar-refractivity contribution in [2.45, 2.75) is 12.7 Å². The molecule has 0 saturated carbocycles. The van der Waals surface area contributed by atoms with Gasteiger partial charge in [0.05, 0.1) is 15.8 Å². The molecule has 2 rings (SSSR count). The van der Waals surface area contributed by atoms with E-state index in [-0.39, 0.29) is 0 Å². The second-order valence-corrected chi connectivity index (χ2v) is 4.43. The number of hydrogen-bond donors (Lipinski definition) is 1. The summed E-state index contributed by atoms with van der Waals surface area (Å²) in [6.07, 6.45) is -4.30. The van der Waals surface area contributed by atoms with Crippen LogP contribution in [0.2, 0.25) is 0 Å². The van der Waals surface area contributed by atoms with Gasteiger partial charge in [0.2, 0.25) is 0 Å². The Morgan fingerprint density at radius 3 is 2.75 bits per heavy atom. The number of alkyl halides is 3. The Hall–Kier alpha value is -1.14. The van der Waals surface area contributed by atoms with Crippen LogP contribution in [0.4, 0.5) is 13.2 Å². The van der Waals surface area contributed by atoms with E-state index in [1.54, 1.807) is 7.05 Å². The summed E-state index contributed by atoms with van der Waals surface area (Å²) in [5.41, 5.74) is -0.244. The van der Waals surface area contributed by atoms with E-state index < -0.39 is 11.7 Å². The molecule has 0 aliphatic rings. The van der Waals surface area contributed by atoms with E-state index in [1.807, 2.05) is 0 Å². The number of aromatic nitrogens is 1. The normalized spacial score (nSPS) is 12.2. The molecule has 1 heterocycles. The number of nitrogens with zero attached hydrogens (tertiary/aromatic N) is 1. The molecule has 0 saturated heterocycles. The molecular formula is C10H9F3N2S. The van der Waals surface area contributed by atoms with Crippen molar-refractivity contribution in [2.75, 3.05) is 7.05 Å². The van der Waals surface area contributed by atoms with E-state index in [2.05, 4.69) is 10.3 Å². The summed E-state index contributed by atoms with van der Waals surface area (Å²) in [6, 6.07) is 3.64. The summed E-state index contributed by atoms with van der Waals surface area (Å²) in [5, 5.41) is 3.70. The van der Waals surface area contributed by atoms with Gasteiger partial charge in [0.1, 0.15) is 5.01 Å². The fourth-order valence-corrected chi connectivity index (χ4v) is 2.34. The lowest BCUT2D eigenvalue weighted by atomic mass is 10.2. The molecule has 0 amide bonds. The van der Waals surface area contributed by atoms with Crippen molar-refractivity contribution in [3.05, 3.63) is 28.8 Å². The zero-order valence-corrected chi connectivity index (χ0v) is 9.25. The molecule has 16 heavy (non-hydrogen) atoms. The van der Waals surface area contributed by atoms with Crippen LogP contribution < -0.4 is 5.32 Å². The number of halogens is 3. The van der Waals surface area contributed by atoms with Crippen LogP contribution in [0.15, 0.2) is 18.2 Å². The predicted octanol–water partition coefficient (Wildman–Crippen LogP) is 3.03. The molecule has 1 aromatic carbocycles. The van der Waals surface area contributed by atoms with E-state index in [0.29, 0.717) is 12.1 Å². The summed E-state index contributed by atoms with van der Waals surface area (Å²) in [5.74, 6) is 0. The highest BCUT2D eigenvalue weighted by molar-refractivity contribution is 7.18. The highest BCUT2D eigenvalue weighted by Crippen LogP contribution is 2.32. The van der Waals surface area contributed by atoms with Crippen LogP contribution in [0.3, 0.4) is 0 Å². The zero-order chi connectivity index (χ0) is 11.8. The molecule has 0 radical (unpaired) electrons. The molecule has 1 aromatic heterocycles. The standard InChI is InChI=1S/C10H9F3N2S/c1-14-5-9-15-7-4-6(10(11,12)13)2-3-8(7)16-9/h2-4,14H,5H2,1H3. The molecular weight excluding hydrogens is 237 g/mol. The fraction of sp³-hybridized carbons (Fsp3) is 0.300. The molecule has 1 N–H and O–H groups in total. The first-order valence-corrected chi connectivity index (χ1v) is 5.43. The minimum absolute atomic E-state index is 0.407. The smallest absolute Gasteiger partial charge is 0.314 e. The van der Waals surface area contributed by atoms with Gasteiger partial charge in [-0.25, -0.2) is 4.98 Å². The monoisotopic (exact) mass is 246 g/mol. The molecule has 0 aliphatic carbocycles. The van der Waals surface area contributed by atoms with E-state index >= 15 is 0 Å². The van der Waals surface area contributed by atoms with Crippen molar-refractivity contribution >= 4 is 21.6 Å². The minimum Gasteiger partial charge on any atom is -0.314 e. The number of thiazole rings is 1. The maximum absolute atomic E-state index is 12.4. The molecule has 0 bridgehead atoms. The second kappa shape index (κ2) is 4.03. The van der Waals surface area contributed by atoms with Crippen LogP contribution in [0.5, 0.6) is 0 Å². The maximum atomic E-state index is 12.4. The maximum Gasteiger partial charge on any atom is 0.416 e. The lowest BCUT2D eigenvalue weighted by Crippen LogP contribution is -2.04. The highest BCUT2D eigenvalue weighted by atomic mass is 32.1. The van der Waals surface area contributed by atoms with Gasteiger partial charge < -0.3 is 5.32 Å². The minimum atomic E-state index is -4.30. The van der Waals surface area contributed by atoms with E-state index in [0.717, 1.165) is 21.8 Å². The van der Waals surface area contributed by atoms with E-state index in [9.17, 15) is 13.2 Å². The molecule has 0 fully saturated rings. The Bertz CT molecular complexity index is 504. The first-order valence-electron chi connectivity index (χ1n) is 4.62. The number of benzene rings is 1. The zero-order valence-electron chi connectivity index (χ0n) is 8.43. The number of nitrogens with one attached hydrogen (secondary N) is 1. The van der Waals surface area contributed by atoms with E-state index in [4.69, 9.17) is 0 Å². The Morgan fingerprint density at radius 1 is 1.38 bits per heavy atom. The van der Waals surface area contributed by atoms with Crippen LogP contribution >= 0.6 is 11.3 Å².